The normalized spacial score (nSPS) is 11.5. The van der Waals surface area contributed by atoms with E-state index in [4.69, 9.17) is 4.74 Å². The number of anilines is 1. The number of aliphatic carboxylic acids is 1. The Morgan fingerprint density at radius 2 is 1.55 bits per heavy atom. The van der Waals surface area contributed by atoms with Gasteiger partial charge in [0, 0.05) is 18.2 Å². The number of rotatable bonds is 18. The molecule has 224 valence electrons. The minimum Gasteiger partial charge on any atom is -0.481 e. The van der Waals surface area contributed by atoms with Crippen molar-refractivity contribution in [1.29, 1.82) is 0 Å². The average Bonchev–Trinajstić information content (AvgIpc) is 3.00. The van der Waals surface area contributed by atoms with Gasteiger partial charge in [0.1, 0.15) is 0 Å². The van der Waals surface area contributed by atoms with Crippen molar-refractivity contribution in [2.45, 2.75) is 85.0 Å². The molecule has 6 heteroatoms. The number of hydrogen-bond donors (Lipinski definition) is 2. The summed E-state index contributed by atoms with van der Waals surface area (Å²) in [5, 5.41) is 12.5. The summed E-state index contributed by atoms with van der Waals surface area (Å²) in [4.78, 5) is 29.0. The molecule has 0 saturated heterocycles. The second-order valence-corrected chi connectivity index (χ2v) is 11.0. The van der Waals surface area contributed by atoms with Crippen molar-refractivity contribution in [2.75, 3.05) is 11.9 Å². The van der Waals surface area contributed by atoms with E-state index < -0.39 is 11.4 Å². The molecule has 0 radical (unpaired) electrons. The third kappa shape index (κ3) is 10.5. The molecule has 2 aromatic carbocycles. The number of carbonyl (C=O) groups excluding carboxylic acids is 1. The zero-order valence-electron chi connectivity index (χ0n) is 25.4. The van der Waals surface area contributed by atoms with Crippen molar-refractivity contribution in [1.82, 2.24) is 4.98 Å². The fourth-order valence-corrected chi connectivity index (χ4v) is 4.93. The first-order valence-electron chi connectivity index (χ1n) is 15.4. The third-order valence-corrected chi connectivity index (χ3v) is 7.87. The Bertz CT molecular complexity index is 1300. The number of nitrogens with zero attached hydrogens (tertiary/aromatic N) is 1. The minimum atomic E-state index is -1.04. The van der Waals surface area contributed by atoms with Gasteiger partial charge in [-0.25, -0.2) is 4.98 Å². The highest BCUT2D eigenvalue weighted by Gasteiger charge is 2.37. The summed E-state index contributed by atoms with van der Waals surface area (Å²) in [7, 11) is 0. The first-order chi connectivity index (χ1) is 20.4. The van der Waals surface area contributed by atoms with Crippen molar-refractivity contribution in [2.24, 2.45) is 5.41 Å². The molecule has 1 amide bonds. The predicted molar refractivity (Wildman–Crippen MR) is 172 cm³/mol. The van der Waals surface area contributed by atoms with Crippen LogP contribution in [0.1, 0.15) is 94.5 Å². The van der Waals surface area contributed by atoms with Crippen LogP contribution in [0, 0.1) is 5.41 Å². The van der Waals surface area contributed by atoms with Crippen molar-refractivity contribution in [3.63, 3.8) is 0 Å². The van der Waals surface area contributed by atoms with Crippen LogP contribution in [0.15, 0.2) is 66.7 Å². The molecule has 2 N–H and O–H groups in total. The molecular formula is C36H46N2O4. The lowest BCUT2D eigenvalue weighted by Gasteiger charge is -2.25. The van der Waals surface area contributed by atoms with Gasteiger partial charge in [-0.15, -0.1) is 0 Å². The molecule has 0 unspecified atom stereocenters. The topological polar surface area (TPSA) is 88.5 Å². The molecule has 6 nitrogen and oxygen atoms in total. The molecule has 0 fully saturated rings. The fourth-order valence-electron chi connectivity index (χ4n) is 4.93. The molecule has 0 aliphatic rings. The molecular weight excluding hydrogens is 524 g/mol. The lowest BCUT2D eigenvalue weighted by Crippen LogP contribution is -2.34. The van der Waals surface area contributed by atoms with E-state index in [-0.39, 0.29) is 12.3 Å². The summed E-state index contributed by atoms with van der Waals surface area (Å²) < 4.78 is 5.91. The summed E-state index contributed by atoms with van der Waals surface area (Å²) in [6, 6.07) is 22.2. The van der Waals surface area contributed by atoms with Crippen LogP contribution in [0.25, 0.3) is 12.2 Å². The Morgan fingerprint density at radius 3 is 2.21 bits per heavy atom. The zero-order chi connectivity index (χ0) is 30.2. The number of nitrogens with one attached hydrogen (secondary N) is 1. The van der Waals surface area contributed by atoms with Crippen LogP contribution >= 0.6 is 0 Å². The monoisotopic (exact) mass is 570 g/mol. The number of amides is 1. The first-order valence-corrected chi connectivity index (χ1v) is 15.4. The Morgan fingerprint density at radius 1 is 0.857 bits per heavy atom. The van der Waals surface area contributed by atoms with Gasteiger partial charge in [0.05, 0.1) is 17.7 Å². The highest BCUT2D eigenvalue weighted by atomic mass is 16.5. The van der Waals surface area contributed by atoms with E-state index >= 15 is 0 Å². The molecule has 0 bridgehead atoms. The molecule has 0 saturated carbocycles. The van der Waals surface area contributed by atoms with Gasteiger partial charge in [-0.2, -0.15) is 0 Å². The van der Waals surface area contributed by atoms with Crippen LogP contribution in [0.3, 0.4) is 0 Å². The molecule has 3 aromatic rings. The molecule has 1 heterocycles. The van der Waals surface area contributed by atoms with Crippen molar-refractivity contribution < 1.29 is 19.4 Å². The van der Waals surface area contributed by atoms with E-state index in [1.54, 1.807) is 19.9 Å². The van der Waals surface area contributed by atoms with Gasteiger partial charge in [0.25, 0.3) is 0 Å². The standard InChI is InChI=1S/C36H46N2O4/c1-4-7-13-28-19-21-29(22-20-28)14-9-8-10-25-42-34-18-12-16-31(38-34)24-23-30-15-11-17-32(26-30)37-33(39)27-36(5-2,6-3)35(40)41/h11-12,15-24,26H,4-10,13-14,25,27H2,1-3H3,(H,37,39)(H,40,41). The lowest BCUT2D eigenvalue weighted by molar-refractivity contribution is -0.151. The Kier molecular flexibility index (Phi) is 13.3. The van der Waals surface area contributed by atoms with Crippen LogP contribution in [0.2, 0.25) is 0 Å². The van der Waals surface area contributed by atoms with Gasteiger partial charge >= 0.3 is 5.97 Å². The largest absolute Gasteiger partial charge is 0.481 e. The number of hydrogen-bond acceptors (Lipinski definition) is 4. The molecule has 0 aliphatic heterocycles. The maximum atomic E-state index is 12.6. The van der Waals surface area contributed by atoms with Gasteiger partial charge in [0.15, 0.2) is 0 Å². The average molecular weight is 571 g/mol. The Hall–Kier alpha value is -3.93. The first kappa shape index (κ1) is 32.6. The summed E-state index contributed by atoms with van der Waals surface area (Å²) in [6.07, 6.45) is 12.6. The number of carboxylic acid groups (broad SMARTS) is 1. The zero-order valence-corrected chi connectivity index (χ0v) is 25.4. The minimum absolute atomic E-state index is 0.0565. The van der Waals surface area contributed by atoms with Gasteiger partial charge in [-0.3, -0.25) is 9.59 Å². The smallest absolute Gasteiger partial charge is 0.310 e. The van der Waals surface area contributed by atoms with Crippen molar-refractivity contribution >= 4 is 29.7 Å². The van der Waals surface area contributed by atoms with Gasteiger partial charge in [0.2, 0.25) is 11.8 Å². The summed E-state index contributed by atoms with van der Waals surface area (Å²) in [5.74, 6) is -0.628. The molecule has 1 aromatic heterocycles. The Balaban J connectivity index is 1.44. The maximum Gasteiger partial charge on any atom is 0.310 e. The van der Waals surface area contributed by atoms with Crippen molar-refractivity contribution in [3.05, 3.63) is 89.1 Å². The fraction of sp³-hybridized carbons (Fsp3) is 0.417. The van der Waals surface area contributed by atoms with Gasteiger partial charge in [-0.1, -0.05) is 75.7 Å². The van der Waals surface area contributed by atoms with E-state index in [9.17, 15) is 14.7 Å². The second kappa shape index (κ2) is 17.1. The molecule has 3 rings (SSSR count). The van der Waals surface area contributed by atoms with Crippen LogP contribution in [0.4, 0.5) is 5.69 Å². The highest BCUT2D eigenvalue weighted by molar-refractivity contribution is 5.94. The highest BCUT2D eigenvalue weighted by Crippen LogP contribution is 2.31. The van der Waals surface area contributed by atoms with E-state index in [2.05, 4.69) is 41.5 Å². The van der Waals surface area contributed by atoms with E-state index in [1.807, 2.05) is 48.6 Å². The van der Waals surface area contributed by atoms with Gasteiger partial charge in [-0.05, 0) is 92.3 Å². The van der Waals surface area contributed by atoms with Gasteiger partial charge < -0.3 is 15.2 Å². The quantitative estimate of drug-likeness (QED) is 0.150. The number of ether oxygens (including phenoxy) is 1. The number of aromatic nitrogens is 1. The number of carbonyl (C=O) groups is 2. The van der Waals surface area contributed by atoms with E-state index in [0.717, 1.165) is 36.9 Å². The maximum absolute atomic E-state index is 12.6. The second-order valence-electron chi connectivity index (χ2n) is 11.0. The van der Waals surface area contributed by atoms with E-state index in [0.29, 0.717) is 31.0 Å². The van der Waals surface area contributed by atoms with Crippen LogP contribution in [0.5, 0.6) is 5.88 Å². The Labute approximate surface area is 251 Å². The van der Waals surface area contributed by atoms with Crippen molar-refractivity contribution in [3.8, 4) is 5.88 Å². The van der Waals surface area contributed by atoms with E-state index in [1.165, 1.54) is 30.4 Å². The number of benzene rings is 2. The SMILES string of the molecule is CCCCc1ccc(CCCCCOc2cccc(C=Cc3cccc(NC(=O)CC(CC)(CC)C(=O)O)c3)n2)cc1. The molecule has 0 spiro atoms. The number of unbranched alkanes of at least 4 members (excludes halogenated alkanes) is 3. The van der Waals surface area contributed by atoms with Crippen LogP contribution < -0.4 is 10.1 Å². The number of aryl methyl sites for hydroxylation is 2. The summed E-state index contributed by atoms with van der Waals surface area (Å²) >= 11 is 0. The molecule has 0 atom stereocenters. The summed E-state index contributed by atoms with van der Waals surface area (Å²) in [6.45, 7) is 6.48. The molecule has 0 aliphatic carbocycles. The van der Waals surface area contributed by atoms with Crippen LogP contribution in [-0.2, 0) is 22.4 Å². The molecule has 42 heavy (non-hydrogen) atoms. The number of pyridine rings is 1. The number of carboxylic acids is 1. The van der Waals surface area contributed by atoms with Crippen LogP contribution in [-0.4, -0.2) is 28.6 Å². The lowest BCUT2D eigenvalue weighted by atomic mass is 9.79. The summed E-state index contributed by atoms with van der Waals surface area (Å²) in [5.41, 5.74) is 4.09. The predicted octanol–water partition coefficient (Wildman–Crippen LogP) is 8.61. The third-order valence-electron chi connectivity index (χ3n) is 7.87.